The van der Waals surface area contributed by atoms with Crippen LogP contribution in [-0.4, -0.2) is 58.4 Å². The number of piperidine rings is 1. The molecule has 136 valence electrons. The monoisotopic (exact) mass is 354 g/mol. The average molecular weight is 354 g/mol. The molecule has 7 heteroatoms. The molecule has 0 radical (unpaired) electrons. The lowest BCUT2D eigenvalue weighted by Crippen LogP contribution is -2.42. The second kappa shape index (κ2) is 5.53. The van der Waals surface area contributed by atoms with E-state index in [1.807, 2.05) is 18.9 Å². The van der Waals surface area contributed by atoms with Crippen molar-refractivity contribution in [3.05, 3.63) is 22.5 Å². The van der Waals surface area contributed by atoms with E-state index < -0.39 is 0 Å². The zero-order chi connectivity index (χ0) is 18.0. The molecule has 0 aromatic carbocycles. The first-order chi connectivity index (χ1) is 12.5. The number of fused-ring (bicyclic) bond motifs is 3. The van der Waals surface area contributed by atoms with E-state index in [1.54, 1.807) is 4.90 Å². The lowest BCUT2D eigenvalue weighted by molar-refractivity contribution is -0.137. The highest BCUT2D eigenvalue weighted by molar-refractivity contribution is 6.08. The number of nitrogens with zero attached hydrogens (tertiary/aromatic N) is 4. The van der Waals surface area contributed by atoms with Crippen molar-refractivity contribution in [1.29, 1.82) is 0 Å². The molecule has 4 heterocycles. The van der Waals surface area contributed by atoms with Crippen LogP contribution >= 0.6 is 0 Å². The average Bonchev–Trinajstić information content (AvgIpc) is 3.34. The highest BCUT2D eigenvalue weighted by Gasteiger charge is 2.44. The van der Waals surface area contributed by atoms with E-state index in [9.17, 15) is 9.59 Å². The molecular formula is C19H22N4O3. The number of hydrogen-bond donors (Lipinski definition) is 0. The van der Waals surface area contributed by atoms with E-state index in [2.05, 4.69) is 10.1 Å². The van der Waals surface area contributed by atoms with E-state index in [0.717, 1.165) is 48.9 Å². The van der Waals surface area contributed by atoms with Gasteiger partial charge >= 0.3 is 0 Å². The van der Waals surface area contributed by atoms with Crippen LogP contribution in [0.25, 0.3) is 11.1 Å². The lowest BCUT2D eigenvalue weighted by atomic mass is 9.88. The number of carbonyl (C=O) groups excluding carboxylic acids is 2. The van der Waals surface area contributed by atoms with Crippen LogP contribution in [0, 0.1) is 18.8 Å². The molecule has 2 atom stereocenters. The lowest BCUT2D eigenvalue weighted by Gasteiger charge is -2.30. The molecule has 0 bridgehead atoms. The normalized spacial score (nSPS) is 25.1. The molecule has 2 fully saturated rings. The summed E-state index contributed by atoms with van der Waals surface area (Å²) in [5.74, 6) is 0.387. The van der Waals surface area contributed by atoms with Gasteiger partial charge in [-0.3, -0.25) is 9.59 Å². The van der Waals surface area contributed by atoms with Gasteiger partial charge in [-0.05, 0) is 44.1 Å². The van der Waals surface area contributed by atoms with Crippen molar-refractivity contribution in [2.75, 3.05) is 26.7 Å². The molecule has 2 amide bonds. The number of pyridine rings is 1. The smallest absolute Gasteiger partial charge is 0.259 e. The van der Waals surface area contributed by atoms with Crippen LogP contribution < -0.4 is 0 Å². The molecule has 5 rings (SSSR count). The fourth-order valence-corrected chi connectivity index (χ4v) is 4.87. The number of amides is 2. The first kappa shape index (κ1) is 15.8. The van der Waals surface area contributed by atoms with E-state index in [-0.39, 0.29) is 23.7 Å². The van der Waals surface area contributed by atoms with Gasteiger partial charge in [-0.2, -0.15) is 0 Å². The van der Waals surface area contributed by atoms with Gasteiger partial charge in [0.1, 0.15) is 0 Å². The molecule has 0 spiro atoms. The van der Waals surface area contributed by atoms with Gasteiger partial charge in [0, 0.05) is 32.4 Å². The minimum atomic E-state index is -0.0633. The summed E-state index contributed by atoms with van der Waals surface area (Å²) in [6.07, 6.45) is 3.72. The third-order valence-electron chi connectivity index (χ3n) is 6.29. The number of rotatable bonds is 1. The highest BCUT2D eigenvalue weighted by atomic mass is 16.5. The fraction of sp³-hybridized carbons (Fsp3) is 0.579. The molecule has 2 aromatic rings. The Morgan fingerprint density at radius 2 is 2.12 bits per heavy atom. The second-order valence-corrected chi connectivity index (χ2v) is 7.84. The summed E-state index contributed by atoms with van der Waals surface area (Å²) in [5, 5.41) is 4.78. The number of aromatic nitrogens is 2. The predicted molar refractivity (Wildman–Crippen MR) is 93.7 cm³/mol. The summed E-state index contributed by atoms with van der Waals surface area (Å²) < 4.78 is 5.36. The van der Waals surface area contributed by atoms with Crippen molar-refractivity contribution in [1.82, 2.24) is 19.9 Å². The van der Waals surface area contributed by atoms with Crippen molar-refractivity contribution < 1.29 is 14.1 Å². The topological polar surface area (TPSA) is 79.5 Å². The first-order valence-corrected chi connectivity index (χ1v) is 9.36. The molecule has 2 saturated heterocycles. The Balaban J connectivity index is 1.56. The van der Waals surface area contributed by atoms with Gasteiger partial charge in [0.25, 0.3) is 11.6 Å². The van der Waals surface area contributed by atoms with E-state index in [0.29, 0.717) is 30.1 Å². The summed E-state index contributed by atoms with van der Waals surface area (Å²) in [6.45, 7) is 3.80. The predicted octanol–water partition coefficient (Wildman–Crippen LogP) is 1.57. The maximum atomic E-state index is 13.5. The Morgan fingerprint density at radius 1 is 1.27 bits per heavy atom. The zero-order valence-electron chi connectivity index (χ0n) is 15.1. The van der Waals surface area contributed by atoms with Gasteiger partial charge in [0.05, 0.1) is 22.6 Å². The Hall–Kier alpha value is -2.44. The molecule has 0 saturated carbocycles. The van der Waals surface area contributed by atoms with Crippen LogP contribution in [-0.2, 0) is 17.6 Å². The Morgan fingerprint density at radius 3 is 2.96 bits per heavy atom. The Labute approximate surface area is 151 Å². The van der Waals surface area contributed by atoms with E-state index in [4.69, 9.17) is 4.52 Å². The van der Waals surface area contributed by atoms with Crippen LogP contribution in [0.4, 0.5) is 0 Å². The van der Waals surface area contributed by atoms with Crippen molar-refractivity contribution in [2.45, 2.75) is 32.6 Å². The van der Waals surface area contributed by atoms with Gasteiger partial charge in [-0.1, -0.05) is 5.16 Å². The standard InChI is InChI=1S/C19H22N4O3/c1-10-15-16(12-4-3-5-14(12)20-17(15)26-21-10)19(25)23-8-11-6-7-22(2)18(24)13(11)9-23/h11,13H,3-9H2,1-2H3/t11-,13+/m1/s1. The van der Waals surface area contributed by atoms with Crippen LogP contribution in [0.1, 0.15) is 40.2 Å². The van der Waals surface area contributed by atoms with Gasteiger partial charge in [0.15, 0.2) is 0 Å². The van der Waals surface area contributed by atoms with Gasteiger partial charge < -0.3 is 14.3 Å². The van der Waals surface area contributed by atoms with Gasteiger partial charge in [-0.25, -0.2) is 4.98 Å². The highest BCUT2D eigenvalue weighted by Crippen LogP contribution is 2.36. The summed E-state index contributed by atoms with van der Waals surface area (Å²) in [7, 11) is 1.85. The maximum absolute atomic E-state index is 13.5. The molecule has 7 nitrogen and oxygen atoms in total. The molecule has 1 aliphatic carbocycles. The van der Waals surface area contributed by atoms with Crippen molar-refractivity contribution in [3.8, 4) is 0 Å². The first-order valence-electron chi connectivity index (χ1n) is 9.36. The van der Waals surface area contributed by atoms with Gasteiger partial charge in [0.2, 0.25) is 5.91 Å². The second-order valence-electron chi connectivity index (χ2n) is 7.84. The minimum absolute atomic E-state index is 0.00621. The number of carbonyl (C=O) groups is 2. The third-order valence-corrected chi connectivity index (χ3v) is 6.29. The third kappa shape index (κ3) is 2.12. The number of hydrogen-bond acceptors (Lipinski definition) is 5. The largest absolute Gasteiger partial charge is 0.345 e. The quantitative estimate of drug-likeness (QED) is 0.777. The SMILES string of the molecule is Cc1noc2nc3c(c(C(=O)N4C[C@H]5CCN(C)C(=O)[C@H]5C4)c12)CCC3. The molecule has 0 N–H and O–H groups in total. The minimum Gasteiger partial charge on any atom is -0.345 e. The van der Waals surface area contributed by atoms with Crippen LogP contribution in [0.15, 0.2) is 4.52 Å². The summed E-state index contributed by atoms with van der Waals surface area (Å²) in [6, 6.07) is 0. The Kier molecular flexibility index (Phi) is 3.36. The zero-order valence-corrected chi connectivity index (χ0v) is 15.1. The number of aryl methyl sites for hydroxylation is 2. The molecule has 2 aromatic heterocycles. The van der Waals surface area contributed by atoms with Crippen molar-refractivity contribution in [2.24, 2.45) is 11.8 Å². The van der Waals surface area contributed by atoms with E-state index in [1.165, 1.54) is 0 Å². The van der Waals surface area contributed by atoms with Crippen LogP contribution in [0.5, 0.6) is 0 Å². The van der Waals surface area contributed by atoms with E-state index >= 15 is 0 Å². The van der Waals surface area contributed by atoms with Gasteiger partial charge in [-0.15, -0.1) is 0 Å². The van der Waals surface area contributed by atoms with Crippen molar-refractivity contribution in [3.63, 3.8) is 0 Å². The Bertz CT molecular complexity index is 934. The number of likely N-dealkylation sites (tertiary alicyclic amines) is 2. The summed E-state index contributed by atoms with van der Waals surface area (Å²) in [5.41, 5.74) is 3.88. The van der Waals surface area contributed by atoms with Crippen molar-refractivity contribution >= 4 is 22.9 Å². The fourth-order valence-electron chi connectivity index (χ4n) is 4.87. The van der Waals surface area contributed by atoms with Crippen LogP contribution in [0.2, 0.25) is 0 Å². The molecule has 0 unspecified atom stereocenters. The summed E-state index contributed by atoms with van der Waals surface area (Å²) >= 11 is 0. The molecule has 26 heavy (non-hydrogen) atoms. The van der Waals surface area contributed by atoms with Crippen LogP contribution in [0.3, 0.4) is 0 Å². The maximum Gasteiger partial charge on any atom is 0.259 e. The summed E-state index contributed by atoms with van der Waals surface area (Å²) in [4.78, 5) is 34.2. The molecule has 2 aliphatic heterocycles. The molecule has 3 aliphatic rings. The molecular weight excluding hydrogens is 332 g/mol.